The summed E-state index contributed by atoms with van der Waals surface area (Å²) in [6.07, 6.45) is 4.05. The van der Waals surface area contributed by atoms with Gasteiger partial charge in [0.15, 0.2) is 5.96 Å². The zero-order valence-corrected chi connectivity index (χ0v) is 20.8. The van der Waals surface area contributed by atoms with Crippen LogP contribution in [0.4, 0.5) is 0 Å². The summed E-state index contributed by atoms with van der Waals surface area (Å²) in [5, 5.41) is 3.45. The summed E-state index contributed by atoms with van der Waals surface area (Å²) in [4.78, 5) is 20.2. The third-order valence-electron chi connectivity index (χ3n) is 5.08. The summed E-state index contributed by atoms with van der Waals surface area (Å²) in [7, 11) is 3.88. The predicted molar refractivity (Wildman–Crippen MR) is 130 cm³/mol. The number of nitrogens with two attached hydrogens (primary N) is 1. The van der Waals surface area contributed by atoms with Crippen LogP contribution in [-0.2, 0) is 11.3 Å². The van der Waals surface area contributed by atoms with Crippen molar-refractivity contribution in [1.82, 2.24) is 15.1 Å². The smallest absolute Gasteiger partial charge is 0.220 e. The Labute approximate surface area is 194 Å². The van der Waals surface area contributed by atoms with Gasteiger partial charge in [0.25, 0.3) is 0 Å². The number of primary amides is 1. The molecule has 1 amide bonds. The molecule has 0 bridgehead atoms. The average molecular weight is 566 g/mol. The third kappa shape index (κ3) is 8.65. The van der Waals surface area contributed by atoms with E-state index >= 15 is 0 Å². The van der Waals surface area contributed by atoms with Crippen LogP contribution in [0.2, 0.25) is 0 Å². The van der Waals surface area contributed by atoms with Crippen molar-refractivity contribution < 1.29 is 4.79 Å². The van der Waals surface area contributed by atoms with Gasteiger partial charge in [-0.25, -0.2) is 0 Å². The van der Waals surface area contributed by atoms with Crippen molar-refractivity contribution in [2.24, 2.45) is 16.6 Å². The molecule has 0 radical (unpaired) electrons. The van der Waals surface area contributed by atoms with E-state index in [-0.39, 0.29) is 35.8 Å². The van der Waals surface area contributed by atoms with Crippen LogP contribution in [0, 0.1) is 5.92 Å². The van der Waals surface area contributed by atoms with Crippen LogP contribution in [0.5, 0.6) is 0 Å². The number of amides is 1. The Morgan fingerprint density at radius 3 is 2.50 bits per heavy atom. The number of carbonyl (C=O) groups is 1. The number of halogens is 2. The fourth-order valence-corrected chi connectivity index (χ4v) is 3.69. The summed E-state index contributed by atoms with van der Waals surface area (Å²) in [6, 6.07) is 8.36. The number of carbonyl (C=O) groups excluding carboxylic acids is 1. The highest BCUT2D eigenvalue weighted by Crippen LogP contribution is 2.16. The second-order valence-electron chi connectivity index (χ2n) is 7.18. The summed E-state index contributed by atoms with van der Waals surface area (Å²) in [5.74, 6) is 0.852. The molecule has 1 aromatic carbocycles. The number of nitrogens with zero attached hydrogens (tertiary/aromatic N) is 3. The van der Waals surface area contributed by atoms with Crippen LogP contribution in [0.1, 0.15) is 31.2 Å². The molecule has 0 atom stereocenters. The lowest BCUT2D eigenvalue weighted by atomic mass is 9.96. The third-order valence-corrected chi connectivity index (χ3v) is 5.61. The molecule has 8 heteroatoms. The average Bonchev–Trinajstić information content (AvgIpc) is 2.66. The maximum absolute atomic E-state index is 11.2. The van der Waals surface area contributed by atoms with Gasteiger partial charge in [-0.1, -0.05) is 28.1 Å². The first-order valence-electron chi connectivity index (χ1n) is 9.67. The Hall–Kier alpha value is -0.870. The lowest BCUT2D eigenvalue weighted by Gasteiger charge is -2.30. The minimum atomic E-state index is -0.141. The molecule has 1 heterocycles. The highest BCUT2D eigenvalue weighted by molar-refractivity contribution is 14.0. The number of unbranched alkanes of at least 4 members (excludes halogenated alkanes) is 1. The normalized spacial score (nSPS) is 15.8. The summed E-state index contributed by atoms with van der Waals surface area (Å²) in [6.45, 7) is 4.79. The zero-order chi connectivity index (χ0) is 19.6. The van der Waals surface area contributed by atoms with E-state index in [1.165, 1.54) is 5.56 Å². The predicted octanol–water partition coefficient (Wildman–Crippen LogP) is 3.05. The summed E-state index contributed by atoms with van der Waals surface area (Å²) in [5.41, 5.74) is 6.64. The topological polar surface area (TPSA) is 74.0 Å². The van der Waals surface area contributed by atoms with Gasteiger partial charge in [0.2, 0.25) is 5.91 Å². The number of benzene rings is 1. The minimum Gasteiger partial charge on any atom is -0.369 e. The number of likely N-dealkylation sites (tertiary alicyclic amines) is 1. The zero-order valence-electron chi connectivity index (χ0n) is 16.9. The van der Waals surface area contributed by atoms with Crippen molar-refractivity contribution in [3.05, 3.63) is 34.3 Å². The maximum atomic E-state index is 11.2. The minimum absolute atomic E-state index is 0. The first-order valence-corrected chi connectivity index (χ1v) is 10.5. The van der Waals surface area contributed by atoms with Gasteiger partial charge in [0.05, 0.1) is 0 Å². The molecule has 158 valence electrons. The summed E-state index contributed by atoms with van der Waals surface area (Å²) < 4.78 is 1.09. The number of hydrogen-bond acceptors (Lipinski definition) is 3. The number of aliphatic imine (C=N–C) groups is 1. The van der Waals surface area contributed by atoms with Crippen LogP contribution in [0.15, 0.2) is 33.7 Å². The van der Waals surface area contributed by atoms with Crippen LogP contribution in [0.3, 0.4) is 0 Å². The molecule has 1 fully saturated rings. The monoisotopic (exact) mass is 565 g/mol. The van der Waals surface area contributed by atoms with E-state index in [0.717, 1.165) is 68.8 Å². The Bertz CT molecular complexity index is 618. The highest BCUT2D eigenvalue weighted by atomic mass is 127. The van der Waals surface area contributed by atoms with E-state index < -0.39 is 0 Å². The Morgan fingerprint density at radius 2 is 1.93 bits per heavy atom. The molecule has 6 nitrogen and oxygen atoms in total. The number of piperidine rings is 1. The van der Waals surface area contributed by atoms with Crippen LogP contribution < -0.4 is 11.1 Å². The van der Waals surface area contributed by atoms with Gasteiger partial charge in [-0.2, -0.15) is 0 Å². The second kappa shape index (κ2) is 13.4. The number of nitrogens with one attached hydrogen (secondary N) is 1. The Morgan fingerprint density at radius 1 is 1.29 bits per heavy atom. The molecule has 28 heavy (non-hydrogen) atoms. The van der Waals surface area contributed by atoms with E-state index in [4.69, 9.17) is 5.73 Å². The largest absolute Gasteiger partial charge is 0.369 e. The van der Waals surface area contributed by atoms with Crippen molar-refractivity contribution in [3.8, 4) is 0 Å². The van der Waals surface area contributed by atoms with Gasteiger partial charge in [0.1, 0.15) is 0 Å². The molecule has 1 aliphatic heterocycles. The molecule has 0 spiro atoms. The Balaban J connectivity index is 0.00000392. The van der Waals surface area contributed by atoms with E-state index in [1.807, 2.05) is 7.05 Å². The van der Waals surface area contributed by atoms with Crippen LogP contribution in [-0.4, -0.2) is 61.9 Å². The maximum Gasteiger partial charge on any atom is 0.220 e. The van der Waals surface area contributed by atoms with Gasteiger partial charge in [0, 0.05) is 37.6 Å². The quantitative estimate of drug-likeness (QED) is 0.220. The summed E-state index contributed by atoms with van der Waals surface area (Å²) >= 11 is 3.47. The lowest BCUT2D eigenvalue weighted by Crippen LogP contribution is -2.40. The Kier molecular flexibility index (Phi) is 12.0. The molecule has 2 rings (SSSR count). The fourth-order valence-electron chi connectivity index (χ4n) is 3.42. The van der Waals surface area contributed by atoms with Gasteiger partial charge in [-0.3, -0.25) is 9.79 Å². The van der Waals surface area contributed by atoms with Gasteiger partial charge in [-0.05, 0) is 63.0 Å². The van der Waals surface area contributed by atoms with Gasteiger partial charge >= 0.3 is 0 Å². The molecule has 0 aliphatic carbocycles. The molecule has 1 saturated heterocycles. The van der Waals surface area contributed by atoms with Crippen molar-refractivity contribution in [2.45, 2.75) is 32.2 Å². The van der Waals surface area contributed by atoms with Crippen LogP contribution in [0.25, 0.3) is 0 Å². The van der Waals surface area contributed by atoms with Crippen molar-refractivity contribution in [1.29, 1.82) is 0 Å². The standard InChI is InChI=1S/C20H32BrN5O.HI/c1-23-20(25(2)15-16-5-7-18(21)8-6-16)24-11-3-4-12-26-13-9-17(10-14-26)19(22)27;/h5-8,17H,3-4,9-15H2,1-2H3,(H2,22,27)(H,23,24);1H. The van der Waals surface area contributed by atoms with Crippen molar-refractivity contribution >= 4 is 51.8 Å². The highest BCUT2D eigenvalue weighted by Gasteiger charge is 2.22. The first-order chi connectivity index (χ1) is 13.0. The lowest BCUT2D eigenvalue weighted by molar-refractivity contribution is -0.123. The molecule has 1 aromatic rings. The van der Waals surface area contributed by atoms with E-state index in [1.54, 1.807) is 0 Å². The fraction of sp³-hybridized carbons (Fsp3) is 0.600. The molecule has 1 aliphatic rings. The molecular weight excluding hydrogens is 533 g/mol. The van der Waals surface area contributed by atoms with Crippen molar-refractivity contribution in [2.75, 3.05) is 40.3 Å². The number of rotatable bonds is 8. The van der Waals surface area contributed by atoms with Crippen LogP contribution >= 0.6 is 39.9 Å². The number of hydrogen-bond donors (Lipinski definition) is 2. The number of guanidine groups is 1. The molecule has 0 aromatic heterocycles. The van der Waals surface area contributed by atoms with Gasteiger partial charge in [-0.15, -0.1) is 24.0 Å². The molecular formula is C20H33BrIN5O. The van der Waals surface area contributed by atoms with E-state index in [2.05, 4.69) is 67.4 Å². The SMILES string of the molecule is CN=C(NCCCCN1CCC(C(N)=O)CC1)N(C)Cc1ccc(Br)cc1.I. The van der Waals surface area contributed by atoms with Gasteiger partial charge < -0.3 is 20.9 Å². The van der Waals surface area contributed by atoms with Crippen molar-refractivity contribution in [3.63, 3.8) is 0 Å². The van der Waals surface area contributed by atoms with E-state index in [0.29, 0.717) is 0 Å². The molecule has 0 unspecified atom stereocenters. The van der Waals surface area contributed by atoms with E-state index in [9.17, 15) is 4.79 Å². The molecule has 3 N–H and O–H groups in total. The second-order valence-corrected chi connectivity index (χ2v) is 8.10. The first kappa shape index (κ1) is 25.2. The molecule has 0 saturated carbocycles.